The molecule has 1 N–H and O–H groups in total. The summed E-state index contributed by atoms with van der Waals surface area (Å²) in [6.07, 6.45) is -4.80. The van der Waals surface area contributed by atoms with Crippen molar-refractivity contribution in [3.8, 4) is 5.75 Å². The van der Waals surface area contributed by atoms with Crippen LogP contribution in [0.5, 0.6) is 5.75 Å². The molecular formula is C16H16F4N2OS. The molecule has 3 nitrogen and oxygen atoms in total. The third kappa shape index (κ3) is 4.06. The van der Waals surface area contributed by atoms with E-state index in [0.717, 1.165) is 36.9 Å². The molecule has 0 aliphatic carbocycles. The second-order valence-electron chi connectivity index (χ2n) is 5.48. The largest absolute Gasteiger partial charge is 0.573 e. The van der Waals surface area contributed by atoms with Gasteiger partial charge in [0, 0.05) is 31.7 Å². The summed E-state index contributed by atoms with van der Waals surface area (Å²) in [5, 5.41) is 6.98. The molecule has 0 spiro atoms. The van der Waals surface area contributed by atoms with Crippen LogP contribution in [-0.2, 0) is 0 Å². The highest BCUT2D eigenvalue weighted by Gasteiger charge is 2.32. The van der Waals surface area contributed by atoms with Gasteiger partial charge in [0.2, 0.25) is 0 Å². The molecule has 0 bridgehead atoms. The zero-order valence-electron chi connectivity index (χ0n) is 12.6. The Balaban J connectivity index is 1.99. The lowest BCUT2D eigenvalue weighted by Gasteiger charge is -2.35. The van der Waals surface area contributed by atoms with E-state index in [1.807, 2.05) is 16.8 Å². The minimum atomic E-state index is -4.80. The number of alkyl halides is 3. The first-order valence-electron chi connectivity index (χ1n) is 7.46. The Morgan fingerprint density at radius 2 is 1.92 bits per heavy atom. The Bertz CT molecular complexity index is 669. The molecule has 3 rings (SSSR count). The molecule has 8 heteroatoms. The standard InChI is InChI=1S/C16H16F4N2OS/c17-14-2-1-12(23-16(18,19)20)9-13(14)15(11-3-8-24-10-11)22-6-4-21-5-7-22/h1-3,8-10,15,21H,4-7H2/t15-/m0/s1. The van der Waals surface area contributed by atoms with E-state index in [9.17, 15) is 17.6 Å². The van der Waals surface area contributed by atoms with Crippen LogP contribution in [0.3, 0.4) is 0 Å². The summed E-state index contributed by atoms with van der Waals surface area (Å²) in [7, 11) is 0. The van der Waals surface area contributed by atoms with E-state index in [4.69, 9.17) is 0 Å². The van der Waals surface area contributed by atoms with Crippen LogP contribution in [0, 0.1) is 5.82 Å². The van der Waals surface area contributed by atoms with Gasteiger partial charge in [-0.25, -0.2) is 4.39 Å². The summed E-state index contributed by atoms with van der Waals surface area (Å²) in [4.78, 5) is 2.06. The molecule has 0 unspecified atom stereocenters. The van der Waals surface area contributed by atoms with Crippen molar-refractivity contribution >= 4 is 11.3 Å². The second kappa shape index (κ2) is 7.08. The first kappa shape index (κ1) is 17.2. The highest BCUT2D eigenvalue weighted by molar-refractivity contribution is 7.08. The number of rotatable bonds is 4. The van der Waals surface area contributed by atoms with Crippen LogP contribution < -0.4 is 10.1 Å². The maximum absolute atomic E-state index is 14.4. The number of ether oxygens (including phenoxy) is 1. The quantitative estimate of drug-likeness (QED) is 0.840. The zero-order valence-corrected chi connectivity index (χ0v) is 13.5. The number of halogens is 4. The fourth-order valence-corrected chi connectivity index (χ4v) is 3.57. The number of hydrogen-bond donors (Lipinski definition) is 1. The Morgan fingerprint density at radius 3 is 2.54 bits per heavy atom. The van der Waals surface area contributed by atoms with Crippen LogP contribution in [-0.4, -0.2) is 37.4 Å². The normalized spacial score (nSPS) is 17.7. The predicted molar refractivity (Wildman–Crippen MR) is 83.7 cm³/mol. The van der Waals surface area contributed by atoms with Crippen molar-refractivity contribution in [2.24, 2.45) is 0 Å². The molecule has 1 saturated heterocycles. The van der Waals surface area contributed by atoms with E-state index in [1.165, 1.54) is 11.3 Å². The summed E-state index contributed by atoms with van der Waals surface area (Å²) in [5.74, 6) is -0.950. The molecule has 2 aromatic rings. The van der Waals surface area contributed by atoms with E-state index >= 15 is 0 Å². The fourth-order valence-electron chi connectivity index (χ4n) is 2.89. The average molecular weight is 360 g/mol. The predicted octanol–water partition coefficient (Wildman–Crippen LogP) is 3.78. The van der Waals surface area contributed by atoms with Gasteiger partial charge in [-0.3, -0.25) is 4.90 Å². The molecule has 1 atom stereocenters. The van der Waals surface area contributed by atoms with Crippen molar-refractivity contribution in [1.82, 2.24) is 10.2 Å². The summed E-state index contributed by atoms with van der Waals surface area (Å²) in [6, 6.07) is 4.60. The van der Waals surface area contributed by atoms with Crippen molar-refractivity contribution in [3.63, 3.8) is 0 Å². The maximum atomic E-state index is 14.4. The van der Waals surface area contributed by atoms with Gasteiger partial charge in [-0.2, -0.15) is 11.3 Å². The van der Waals surface area contributed by atoms with Crippen LogP contribution in [0.1, 0.15) is 17.2 Å². The zero-order chi connectivity index (χ0) is 17.2. The van der Waals surface area contributed by atoms with Gasteiger partial charge in [0.25, 0.3) is 0 Å². The van der Waals surface area contributed by atoms with Crippen LogP contribution in [0.25, 0.3) is 0 Å². The number of nitrogens with one attached hydrogen (secondary N) is 1. The van der Waals surface area contributed by atoms with E-state index < -0.39 is 24.0 Å². The van der Waals surface area contributed by atoms with Gasteiger partial charge in [0.05, 0.1) is 6.04 Å². The second-order valence-corrected chi connectivity index (χ2v) is 6.26. The average Bonchev–Trinajstić information content (AvgIpc) is 3.04. The van der Waals surface area contributed by atoms with Gasteiger partial charge in [0.15, 0.2) is 0 Å². The Morgan fingerprint density at radius 1 is 1.17 bits per heavy atom. The number of piperazine rings is 1. The Kier molecular flexibility index (Phi) is 5.07. The molecule has 2 heterocycles. The van der Waals surface area contributed by atoms with Crippen LogP contribution >= 0.6 is 11.3 Å². The van der Waals surface area contributed by atoms with Gasteiger partial charge >= 0.3 is 6.36 Å². The van der Waals surface area contributed by atoms with Crippen LogP contribution in [0.2, 0.25) is 0 Å². The molecule has 1 aliphatic rings. The highest BCUT2D eigenvalue weighted by Crippen LogP contribution is 2.35. The van der Waals surface area contributed by atoms with E-state index in [-0.39, 0.29) is 5.56 Å². The van der Waals surface area contributed by atoms with Gasteiger partial charge in [-0.05, 0) is 40.6 Å². The van der Waals surface area contributed by atoms with Gasteiger partial charge in [-0.15, -0.1) is 13.2 Å². The monoisotopic (exact) mass is 360 g/mol. The number of nitrogens with zero attached hydrogens (tertiary/aromatic N) is 1. The maximum Gasteiger partial charge on any atom is 0.573 e. The van der Waals surface area contributed by atoms with Crippen molar-refractivity contribution in [2.45, 2.75) is 12.4 Å². The van der Waals surface area contributed by atoms with Crippen molar-refractivity contribution < 1.29 is 22.3 Å². The molecule has 130 valence electrons. The number of hydrogen-bond acceptors (Lipinski definition) is 4. The van der Waals surface area contributed by atoms with E-state index in [1.54, 1.807) is 0 Å². The van der Waals surface area contributed by atoms with E-state index in [2.05, 4.69) is 15.0 Å². The van der Waals surface area contributed by atoms with Gasteiger partial charge in [0.1, 0.15) is 11.6 Å². The third-order valence-corrected chi connectivity index (χ3v) is 4.57. The summed E-state index contributed by atoms with van der Waals surface area (Å²) < 4.78 is 55.8. The highest BCUT2D eigenvalue weighted by atomic mass is 32.1. The first-order chi connectivity index (χ1) is 11.4. The van der Waals surface area contributed by atoms with Crippen molar-refractivity contribution in [3.05, 3.63) is 52.0 Å². The molecule has 24 heavy (non-hydrogen) atoms. The number of thiophene rings is 1. The molecule has 1 aliphatic heterocycles. The summed E-state index contributed by atoms with van der Waals surface area (Å²) >= 11 is 1.47. The minimum absolute atomic E-state index is 0.192. The first-order valence-corrected chi connectivity index (χ1v) is 8.40. The molecule has 1 fully saturated rings. The van der Waals surface area contributed by atoms with Crippen LogP contribution in [0.4, 0.5) is 17.6 Å². The lowest BCUT2D eigenvalue weighted by molar-refractivity contribution is -0.274. The lowest BCUT2D eigenvalue weighted by Crippen LogP contribution is -2.45. The smallest absolute Gasteiger partial charge is 0.406 e. The number of benzene rings is 1. The SMILES string of the molecule is Fc1ccc(OC(F)(F)F)cc1[C@H](c1ccsc1)N1CCNCC1. The van der Waals surface area contributed by atoms with E-state index in [0.29, 0.717) is 13.1 Å². The summed E-state index contributed by atoms with van der Waals surface area (Å²) in [6.45, 7) is 2.87. The third-order valence-electron chi connectivity index (χ3n) is 3.87. The Labute approximate surface area is 140 Å². The van der Waals surface area contributed by atoms with Gasteiger partial charge in [-0.1, -0.05) is 0 Å². The van der Waals surface area contributed by atoms with Crippen LogP contribution in [0.15, 0.2) is 35.0 Å². The minimum Gasteiger partial charge on any atom is -0.406 e. The molecule has 1 aromatic carbocycles. The Hall–Kier alpha value is -1.64. The molecule has 0 saturated carbocycles. The molecule has 0 amide bonds. The van der Waals surface area contributed by atoms with Crippen molar-refractivity contribution in [1.29, 1.82) is 0 Å². The molecule has 1 aromatic heterocycles. The summed E-state index contributed by atoms with van der Waals surface area (Å²) in [5.41, 5.74) is 1.06. The van der Waals surface area contributed by atoms with Crippen molar-refractivity contribution in [2.75, 3.05) is 26.2 Å². The van der Waals surface area contributed by atoms with Gasteiger partial charge < -0.3 is 10.1 Å². The fraction of sp³-hybridized carbons (Fsp3) is 0.375. The lowest BCUT2D eigenvalue weighted by atomic mass is 9.98. The molecule has 0 radical (unpaired) electrons. The topological polar surface area (TPSA) is 24.5 Å². The molecular weight excluding hydrogens is 344 g/mol.